The van der Waals surface area contributed by atoms with E-state index in [0.717, 1.165) is 0 Å². The van der Waals surface area contributed by atoms with Crippen LogP contribution in [0.4, 0.5) is 10.1 Å². The first-order valence-electron chi connectivity index (χ1n) is 9.37. The summed E-state index contributed by atoms with van der Waals surface area (Å²) in [5.41, 5.74) is 0.916. The number of sulfone groups is 2. The number of carbonyl (C=O) groups excluding carboxylic acids is 1. The molecule has 1 saturated heterocycles. The molecular formula is C20H23FN2O5S2. The summed E-state index contributed by atoms with van der Waals surface area (Å²) in [4.78, 5) is 11.1. The van der Waals surface area contributed by atoms with Crippen molar-refractivity contribution in [1.29, 1.82) is 0 Å². The van der Waals surface area contributed by atoms with E-state index in [9.17, 15) is 26.0 Å². The van der Waals surface area contributed by atoms with Gasteiger partial charge < -0.3 is 10.6 Å². The van der Waals surface area contributed by atoms with Crippen LogP contribution >= 0.6 is 0 Å². The van der Waals surface area contributed by atoms with E-state index in [1.54, 1.807) is 18.2 Å². The molecule has 1 aliphatic heterocycles. The average molecular weight is 455 g/mol. The quantitative estimate of drug-likeness (QED) is 0.657. The molecule has 7 nitrogen and oxygen atoms in total. The van der Waals surface area contributed by atoms with E-state index in [2.05, 4.69) is 10.6 Å². The van der Waals surface area contributed by atoms with Crippen LogP contribution < -0.4 is 10.6 Å². The van der Waals surface area contributed by atoms with Gasteiger partial charge in [0.05, 0.1) is 21.7 Å². The van der Waals surface area contributed by atoms with Gasteiger partial charge in [0.25, 0.3) is 0 Å². The van der Waals surface area contributed by atoms with Crippen molar-refractivity contribution >= 4 is 31.3 Å². The lowest BCUT2D eigenvalue weighted by Gasteiger charge is -2.20. The molecule has 1 fully saturated rings. The number of hydrogen-bond acceptors (Lipinski definition) is 6. The Labute approximate surface area is 175 Å². The van der Waals surface area contributed by atoms with E-state index in [4.69, 9.17) is 0 Å². The average Bonchev–Trinajstić information content (AvgIpc) is 2.98. The van der Waals surface area contributed by atoms with E-state index in [1.165, 1.54) is 37.3 Å². The first kappa shape index (κ1) is 22.4. The number of benzene rings is 2. The van der Waals surface area contributed by atoms with Crippen molar-refractivity contribution in [2.45, 2.75) is 29.5 Å². The Hall–Kier alpha value is -2.30. The summed E-state index contributed by atoms with van der Waals surface area (Å²) < 4.78 is 64.3. The fourth-order valence-corrected chi connectivity index (χ4v) is 8.23. The monoisotopic (exact) mass is 454 g/mol. The van der Waals surface area contributed by atoms with Gasteiger partial charge in [-0.05, 0) is 48.9 Å². The maximum Gasteiger partial charge on any atom is 0.221 e. The summed E-state index contributed by atoms with van der Waals surface area (Å²) in [5.74, 6) is -1.41. The molecule has 2 aromatic carbocycles. The minimum absolute atomic E-state index is 0.0143. The number of anilines is 1. The van der Waals surface area contributed by atoms with Gasteiger partial charge >= 0.3 is 0 Å². The third-order valence-corrected chi connectivity index (χ3v) is 9.13. The molecule has 2 N–H and O–H groups in total. The molecule has 10 heteroatoms. The van der Waals surface area contributed by atoms with Crippen LogP contribution in [0.5, 0.6) is 0 Å². The lowest BCUT2D eigenvalue weighted by Crippen LogP contribution is -2.44. The molecule has 3 rings (SSSR count). The molecule has 0 saturated carbocycles. The topological polar surface area (TPSA) is 109 Å². The van der Waals surface area contributed by atoms with Gasteiger partial charge in [-0.2, -0.15) is 0 Å². The van der Waals surface area contributed by atoms with Crippen LogP contribution in [-0.4, -0.2) is 52.1 Å². The van der Waals surface area contributed by atoms with Crippen molar-refractivity contribution in [2.75, 3.05) is 23.4 Å². The molecule has 0 aliphatic carbocycles. The summed E-state index contributed by atoms with van der Waals surface area (Å²) in [6, 6.07) is 11.1. The largest absolute Gasteiger partial charge is 0.326 e. The second-order valence-electron chi connectivity index (χ2n) is 7.27. The second-order valence-corrected chi connectivity index (χ2v) is 11.6. The van der Waals surface area contributed by atoms with Crippen molar-refractivity contribution in [3.05, 3.63) is 59.9 Å². The number of halogens is 1. The highest BCUT2D eigenvalue weighted by Gasteiger charge is 2.45. The normalized spacial score (nSPS) is 20.7. The van der Waals surface area contributed by atoms with Gasteiger partial charge in [0, 0.05) is 18.7 Å². The lowest BCUT2D eigenvalue weighted by atomic mass is 10.1. The first-order valence-corrected chi connectivity index (χ1v) is 12.7. The Morgan fingerprint density at radius 3 is 2.40 bits per heavy atom. The molecule has 0 radical (unpaired) electrons. The molecular weight excluding hydrogens is 431 g/mol. The van der Waals surface area contributed by atoms with E-state index in [0.29, 0.717) is 17.7 Å². The van der Waals surface area contributed by atoms with Crippen LogP contribution in [0.25, 0.3) is 0 Å². The number of hydrogen-bond donors (Lipinski definition) is 2. The van der Waals surface area contributed by atoms with E-state index < -0.39 is 36.7 Å². The van der Waals surface area contributed by atoms with Gasteiger partial charge in [-0.1, -0.05) is 18.2 Å². The molecule has 0 bridgehead atoms. The Kier molecular flexibility index (Phi) is 6.59. The molecule has 1 heterocycles. The van der Waals surface area contributed by atoms with Crippen molar-refractivity contribution < 1.29 is 26.0 Å². The maximum atomic E-state index is 13.8. The summed E-state index contributed by atoms with van der Waals surface area (Å²) in [6.07, 6.45) is 0.307. The molecule has 2 atom stereocenters. The van der Waals surface area contributed by atoms with Crippen molar-refractivity contribution in [3.8, 4) is 0 Å². The predicted octanol–water partition coefficient (Wildman–Crippen LogP) is 1.56. The van der Waals surface area contributed by atoms with Crippen LogP contribution in [0, 0.1) is 5.82 Å². The summed E-state index contributed by atoms with van der Waals surface area (Å²) in [6.45, 7) is 1.58. The van der Waals surface area contributed by atoms with Gasteiger partial charge in [-0.25, -0.2) is 21.2 Å². The highest BCUT2D eigenvalue weighted by atomic mass is 32.2. The Balaban J connectivity index is 1.75. The van der Waals surface area contributed by atoms with Gasteiger partial charge in [-0.3, -0.25) is 4.79 Å². The van der Waals surface area contributed by atoms with Crippen molar-refractivity contribution in [3.63, 3.8) is 0 Å². The standard InChI is InChI=1S/C20H23FN2O5S2/c1-14(24)23-16-6-8-17(9-7-16)30(27,28)20-13-29(25,26)12-19(20)22-11-10-15-4-2-3-5-18(15)21/h2-9,19-20,22H,10-13H2,1H3,(H,23,24)/t19-,20-/m0/s1. The Morgan fingerprint density at radius 1 is 1.10 bits per heavy atom. The number of carbonyl (C=O) groups is 1. The van der Waals surface area contributed by atoms with Gasteiger partial charge in [0.2, 0.25) is 5.91 Å². The summed E-state index contributed by atoms with van der Waals surface area (Å²) >= 11 is 0. The second kappa shape index (κ2) is 8.83. The van der Waals surface area contributed by atoms with Crippen molar-refractivity contribution in [1.82, 2.24) is 5.32 Å². The van der Waals surface area contributed by atoms with Crippen molar-refractivity contribution in [2.24, 2.45) is 0 Å². The fourth-order valence-electron chi connectivity index (χ4n) is 3.51. The van der Waals surface area contributed by atoms with Crippen LogP contribution in [0.15, 0.2) is 53.4 Å². The maximum absolute atomic E-state index is 13.8. The molecule has 2 aromatic rings. The van der Waals surface area contributed by atoms with Crippen LogP contribution in [0.1, 0.15) is 12.5 Å². The third-order valence-electron chi connectivity index (χ3n) is 4.96. The van der Waals surface area contributed by atoms with Crippen LogP contribution in [-0.2, 0) is 30.9 Å². The zero-order valence-corrected chi connectivity index (χ0v) is 18.0. The zero-order chi connectivity index (χ0) is 21.9. The number of nitrogens with one attached hydrogen (secondary N) is 2. The molecule has 1 amide bonds. The van der Waals surface area contributed by atoms with E-state index in [-0.39, 0.29) is 28.9 Å². The van der Waals surface area contributed by atoms with Crippen LogP contribution in [0.2, 0.25) is 0 Å². The Morgan fingerprint density at radius 2 is 1.77 bits per heavy atom. The third kappa shape index (κ3) is 5.24. The molecule has 0 unspecified atom stereocenters. The highest BCUT2D eigenvalue weighted by Crippen LogP contribution is 2.27. The number of rotatable bonds is 7. The summed E-state index contributed by atoms with van der Waals surface area (Å²) in [5, 5.41) is 4.40. The lowest BCUT2D eigenvalue weighted by molar-refractivity contribution is -0.114. The predicted molar refractivity (Wildman–Crippen MR) is 112 cm³/mol. The van der Waals surface area contributed by atoms with Gasteiger partial charge in [-0.15, -0.1) is 0 Å². The first-order chi connectivity index (χ1) is 14.1. The number of amides is 1. The Bertz CT molecular complexity index is 1130. The molecule has 0 spiro atoms. The minimum Gasteiger partial charge on any atom is -0.326 e. The van der Waals surface area contributed by atoms with Gasteiger partial charge in [0.15, 0.2) is 19.7 Å². The molecule has 162 valence electrons. The molecule has 30 heavy (non-hydrogen) atoms. The van der Waals surface area contributed by atoms with Crippen LogP contribution in [0.3, 0.4) is 0 Å². The van der Waals surface area contributed by atoms with E-state index in [1.807, 2.05) is 0 Å². The molecule has 1 aliphatic rings. The zero-order valence-electron chi connectivity index (χ0n) is 16.3. The van der Waals surface area contributed by atoms with Gasteiger partial charge in [0.1, 0.15) is 5.82 Å². The highest BCUT2D eigenvalue weighted by molar-refractivity contribution is 7.96. The fraction of sp³-hybridized carbons (Fsp3) is 0.350. The smallest absolute Gasteiger partial charge is 0.221 e. The van der Waals surface area contributed by atoms with E-state index >= 15 is 0 Å². The minimum atomic E-state index is -3.94. The summed E-state index contributed by atoms with van der Waals surface area (Å²) in [7, 11) is -7.47. The SMILES string of the molecule is CC(=O)Nc1ccc(S(=O)(=O)[C@H]2CS(=O)(=O)C[C@@H]2NCCc2ccccc2F)cc1. The molecule has 0 aromatic heterocycles.